The zero-order valence-corrected chi connectivity index (χ0v) is 9.74. The lowest BCUT2D eigenvalue weighted by atomic mass is 10.2. The first-order valence-corrected chi connectivity index (χ1v) is 6.57. The maximum absolute atomic E-state index is 11.1. The molecule has 0 spiro atoms. The minimum Gasteiger partial charge on any atom is -0.396 e. The van der Waals surface area contributed by atoms with Crippen molar-refractivity contribution in [3.8, 4) is 0 Å². The number of unbranched alkanes of at least 4 members (excludes halogenated alkanes) is 2. The minimum absolute atomic E-state index is 0.0592. The van der Waals surface area contributed by atoms with Gasteiger partial charge in [0.05, 0.1) is 0 Å². The first kappa shape index (κ1) is 13.8. The van der Waals surface area contributed by atoms with Crippen molar-refractivity contribution < 1.29 is 9.90 Å². The minimum atomic E-state index is 0.0592. The predicted octanol–water partition coefficient (Wildman–Crippen LogP) is 1.41. The van der Waals surface area contributed by atoms with Gasteiger partial charge in [-0.15, -0.1) is 0 Å². The van der Waals surface area contributed by atoms with Gasteiger partial charge in [-0.05, 0) is 31.3 Å². The lowest BCUT2D eigenvalue weighted by Crippen LogP contribution is -2.24. The molecule has 84 valence electrons. The number of rotatable bonds is 9. The summed E-state index contributed by atoms with van der Waals surface area (Å²) in [6.07, 6.45) is 6.59. The number of aliphatic hydroxyl groups is 1. The van der Waals surface area contributed by atoms with Crippen LogP contribution in [0.25, 0.3) is 0 Å². The van der Waals surface area contributed by atoms with Gasteiger partial charge in [-0.1, -0.05) is 6.42 Å². The number of amides is 1. The van der Waals surface area contributed by atoms with E-state index in [0.29, 0.717) is 12.8 Å². The van der Waals surface area contributed by atoms with Crippen LogP contribution >= 0.6 is 11.8 Å². The second-order valence-electron chi connectivity index (χ2n) is 3.23. The van der Waals surface area contributed by atoms with Crippen LogP contribution in [0.4, 0.5) is 0 Å². The Morgan fingerprint density at radius 1 is 1.29 bits per heavy atom. The second kappa shape index (κ2) is 10.9. The molecule has 0 aromatic heterocycles. The van der Waals surface area contributed by atoms with Gasteiger partial charge in [0.1, 0.15) is 0 Å². The third-order valence-electron chi connectivity index (χ3n) is 1.91. The number of thioether (sulfide) groups is 1. The van der Waals surface area contributed by atoms with E-state index in [1.807, 2.05) is 11.8 Å². The summed E-state index contributed by atoms with van der Waals surface area (Å²) in [7, 11) is 0. The van der Waals surface area contributed by atoms with Crippen LogP contribution in [0.1, 0.15) is 32.1 Å². The van der Waals surface area contributed by atoms with Gasteiger partial charge in [0, 0.05) is 19.6 Å². The summed E-state index contributed by atoms with van der Waals surface area (Å²) in [4.78, 5) is 11.1. The summed E-state index contributed by atoms with van der Waals surface area (Å²) in [5.41, 5.74) is 0. The molecule has 2 N–H and O–H groups in total. The van der Waals surface area contributed by atoms with Crippen LogP contribution in [-0.4, -0.2) is 36.2 Å². The van der Waals surface area contributed by atoms with Gasteiger partial charge in [-0.2, -0.15) is 11.8 Å². The van der Waals surface area contributed by atoms with Crippen LogP contribution < -0.4 is 5.32 Å². The number of carbonyl (C=O) groups excluding carboxylic acids is 1. The van der Waals surface area contributed by atoms with E-state index in [4.69, 9.17) is 5.11 Å². The molecule has 0 saturated carbocycles. The quantitative estimate of drug-likeness (QED) is 0.576. The Hall–Kier alpha value is -0.220. The highest BCUT2D eigenvalue weighted by atomic mass is 32.2. The lowest BCUT2D eigenvalue weighted by Gasteiger charge is -2.03. The van der Waals surface area contributed by atoms with Gasteiger partial charge in [0.15, 0.2) is 0 Å². The van der Waals surface area contributed by atoms with Crippen molar-refractivity contribution in [2.24, 2.45) is 0 Å². The fourth-order valence-electron chi connectivity index (χ4n) is 1.10. The van der Waals surface area contributed by atoms with Crippen molar-refractivity contribution in [2.45, 2.75) is 32.1 Å². The molecule has 0 bridgehead atoms. The fraction of sp³-hybridized carbons (Fsp3) is 0.900. The molecule has 1 amide bonds. The van der Waals surface area contributed by atoms with E-state index >= 15 is 0 Å². The zero-order chi connectivity index (χ0) is 10.6. The molecule has 0 radical (unpaired) electrons. The van der Waals surface area contributed by atoms with E-state index in [1.54, 1.807) is 0 Å². The molecule has 0 aliphatic heterocycles. The van der Waals surface area contributed by atoms with E-state index in [1.165, 1.54) is 18.6 Å². The van der Waals surface area contributed by atoms with Crippen LogP contribution in [0.3, 0.4) is 0 Å². The number of hydrogen-bond donors (Lipinski definition) is 2. The molecule has 3 nitrogen and oxygen atoms in total. The van der Waals surface area contributed by atoms with Gasteiger partial charge in [0.2, 0.25) is 5.91 Å². The van der Waals surface area contributed by atoms with E-state index in [0.717, 1.165) is 13.0 Å². The van der Waals surface area contributed by atoms with Gasteiger partial charge in [-0.25, -0.2) is 0 Å². The molecule has 0 heterocycles. The maximum atomic E-state index is 11.1. The summed E-state index contributed by atoms with van der Waals surface area (Å²) in [6, 6.07) is 0. The molecule has 0 atom stereocenters. The second-order valence-corrected chi connectivity index (χ2v) is 4.22. The zero-order valence-electron chi connectivity index (χ0n) is 8.92. The number of hydrogen-bond acceptors (Lipinski definition) is 3. The molecule has 0 aliphatic rings. The molecule has 0 unspecified atom stereocenters. The van der Waals surface area contributed by atoms with Crippen LogP contribution in [0, 0.1) is 0 Å². The van der Waals surface area contributed by atoms with Crippen molar-refractivity contribution in [3.63, 3.8) is 0 Å². The highest BCUT2D eigenvalue weighted by Crippen LogP contribution is 2.01. The maximum Gasteiger partial charge on any atom is 0.220 e. The molecule has 0 rings (SSSR count). The molecule has 0 aliphatic carbocycles. The Kier molecular flexibility index (Phi) is 10.7. The fourth-order valence-corrected chi connectivity index (χ4v) is 1.60. The summed E-state index contributed by atoms with van der Waals surface area (Å²) in [5.74, 6) is 1.27. The Labute approximate surface area is 90.7 Å². The number of aliphatic hydroxyl groups excluding tert-OH is 1. The van der Waals surface area contributed by atoms with Crippen LogP contribution in [0.2, 0.25) is 0 Å². The Morgan fingerprint density at radius 3 is 2.71 bits per heavy atom. The SMILES string of the molecule is CSCCCCCNC(=O)CCCO. The molecule has 4 heteroatoms. The highest BCUT2D eigenvalue weighted by Gasteiger charge is 1.98. The van der Waals surface area contributed by atoms with Gasteiger partial charge >= 0.3 is 0 Å². The third kappa shape index (κ3) is 9.86. The highest BCUT2D eigenvalue weighted by molar-refractivity contribution is 7.98. The van der Waals surface area contributed by atoms with E-state index in [-0.39, 0.29) is 12.5 Å². The topological polar surface area (TPSA) is 49.3 Å². The standard InChI is InChI=1S/C10H21NO2S/c1-14-9-4-2-3-7-11-10(13)6-5-8-12/h12H,2-9H2,1H3,(H,11,13). The van der Waals surface area contributed by atoms with Crippen molar-refractivity contribution in [2.75, 3.05) is 25.2 Å². The van der Waals surface area contributed by atoms with Crippen molar-refractivity contribution >= 4 is 17.7 Å². The number of nitrogens with one attached hydrogen (secondary N) is 1. The lowest BCUT2D eigenvalue weighted by molar-refractivity contribution is -0.121. The largest absolute Gasteiger partial charge is 0.396 e. The smallest absolute Gasteiger partial charge is 0.220 e. The van der Waals surface area contributed by atoms with Crippen LogP contribution in [0.15, 0.2) is 0 Å². The molecule has 0 aromatic carbocycles. The first-order chi connectivity index (χ1) is 6.81. The summed E-state index contributed by atoms with van der Waals surface area (Å²) >= 11 is 1.86. The van der Waals surface area contributed by atoms with Crippen molar-refractivity contribution in [1.82, 2.24) is 5.32 Å². The molecule has 14 heavy (non-hydrogen) atoms. The average Bonchev–Trinajstić information content (AvgIpc) is 2.20. The Morgan fingerprint density at radius 2 is 2.07 bits per heavy atom. The summed E-state index contributed by atoms with van der Waals surface area (Å²) < 4.78 is 0. The van der Waals surface area contributed by atoms with Crippen LogP contribution in [0.5, 0.6) is 0 Å². The number of carbonyl (C=O) groups is 1. The van der Waals surface area contributed by atoms with Gasteiger partial charge in [-0.3, -0.25) is 4.79 Å². The molecular formula is C10H21NO2S. The predicted molar refractivity (Wildman–Crippen MR) is 61.6 cm³/mol. The molecule has 0 fully saturated rings. The van der Waals surface area contributed by atoms with E-state index in [9.17, 15) is 4.79 Å². The molecule has 0 aromatic rings. The Bertz CT molecular complexity index is 142. The van der Waals surface area contributed by atoms with E-state index in [2.05, 4.69) is 11.6 Å². The molecular weight excluding hydrogens is 198 g/mol. The van der Waals surface area contributed by atoms with E-state index < -0.39 is 0 Å². The van der Waals surface area contributed by atoms with Crippen LogP contribution in [-0.2, 0) is 4.79 Å². The average molecular weight is 219 g/mol. The van der Waals surface area contributed by atoms with Gasteiger partial charge in [0.25, 0.3) is 0 Å². The summed E-state index contributed by atoms with van der Waals surface area (Å²) in [6.45, 7) is 0.875. The summed E-state index contributed by atoms with van der Waals surface area (Å²) in [5, 5.41) is 11.3. The van der Waals surface area contributed by atoms with Gasteiger partial charge < -0.3 is 10.4 Å². The van der Waals surface area contributed by atoms with Crippen molar-refractivity contribution in [3.05, 3.63) is 0 Å². The molecule has 0 saturated heterocycles. The monoisotopic (exact) mass is 219 g/mol. The Balaban J connectivity index is 3.07. The third-order valence-corrected chi connectivity index (χ3v) is 2.61. The normalized spacial score (nSPS) is 10.1. The van der Waals surface area contributed by atoms with Crippen molar-refractivity contribution in [1.29, 1.82) is 0 Å². The first-order valence-electron chi connectivity index (χ1n) is 5.17.